The smallest absolute Gasteiger partial charge is 0.231 e. The standard InChI is InChI=1S/C18H18FN5O/c1-23-17(11-16(22-23)12-2-3-12)20-18(25)10-14-8-9-24(21-14)15-6-4-13(19)5-7-15/h4-9,11-12H,2-3,10H2,1H3,(H,20,25). The molecule has 0 bridgehead atoms. The van der Waals surface area contributed by atoms with Crippen LogP contribution in [0.25, 0.3) is 5.69 Å². The second-order valence-electron chi connectivity index (χ2n) is 6.31. The van der Waals surface area contributed by atoms with Crippen LogP contribution in [0.1, 0.15) is 30.1 Å². The molecule has 1 saturated carbocycles. The van der Waals surface area contributed by atoms with Gasteiger partial charge in [0.1, 0.15) is 11.6 Å². The van der Waals surface area contributed by atoms with Gasteiger partial charge in [0.25, 0.3) is 0 Å². The van der Waals surface area contributed by atoms with Gasteiger partial charge in [0.15, 0.2) is 0 Å². The van der Waals surface area contributed by atoms with Crippen LogP contribution in [0.4, 0.5) is 10.2 Å². The number of nitrogens with zero attached hydrogens (tertiary/aromatic N) is 4. The van der Waals surface area contributed by atoms with Crippen LogP contribution in [0.2, 0.25) is 0 Å². The first-order valence-corrected chi connectivity index (χ1v) is 8.23. The van der Waals surface area contributed by atoms with Crippen molar-refractivity contribution in [2.75, 3.05) is 5.32 Å². The lowest BCUT2D eigenvalue weighted by Crippen LogP contribution is -2.17. The van der Waals surface area contributed by atoms with E-state index in [1.54, 1.807) is 33.8 Å². The van der Waals surface area contributed by atoms with Gasteiger partial charge in [-0.25, -0.2) is 9.07 Å². The number of anilines is 1. The molecule has 128 valence electrons. The summed E-state index contributed by atoms with van der Waals surface area (Å²) in [6.45, 7) is 0. The predicted octanol–water partition coefficient (Wildman–Crippen LogP) is 2.80. The zero-order valence-corrected chi connectivity index (χ0v) is 13.8. The summed E-state index contributed by atoms with van der Waals surface area (Å²) in [6.07, 6.45) is 4.26. The lowest BCUT2D eigenvalue weighted by atomic mass is 10.3. The summed E-state index contributed by atoms with van der Waals surface area (Å²) in [5, 5.41) is 11.7. The topological polar surface area (TPSA) is 64.7 Å². The second-order valence-corrected chi connectivity index (χ2v) is 6.31. The number of aromatic nitrogens is 4. The molecule has 1 fully saturated rings. The second kappa shape index (κ2) is 6.16. The fraction of sp³-hybridized carbons (Fsp3) is 0.278. The van der Waals surface area contributed by atoms with E-state index in [2.05, 4.69) is 15.5 Å². The van der Waals surface area contributed by atoms with Crippen molar-refractivity contribution in [2.24, 2.45) is 7.05 Å². The molecule has 1 amide bonds. The molecule has 7 heteroatoms. The average molecular weight is 339 g/mol. The van der Waals surface area contributed by atoms with Crippen LogP contribution in [-0.4, -0.2) is 25.5 Å². The Bertz CT molecular complexity index is 908. The van der Waals surface area contributed by atoms with Crippen molar-refractivity contribution in [1.82, 2.24) is 19.6 Å². The normalized spacial score (nSPS) is 13.8. The molecule has 0 radical (unpaired) electrons. The zero-order chi connectivity index (χ0) is 17.4. The van der Waals surface area contributed by atoms with Gasteiger partial charge in [-0.3, -0.25) is 9.48 Å². The van der Waals surface area contributed by atoms with E-state index >= 15 is 0 Å². The number of carbonyl (C=O) groups is 1. The fourth-order valence-electron chi connectivity index (χ4n) is 2.73. The maximum Gasteiger partial charge on any atom is 0.231 e. The van der Waals surface area contributed by atoms with E-state index in [1.165, 1.54) is 25.0 Å². The Labute approximate surface area is 144 Å². The number of aryl methyl sites for hydroxylation is 1. The predicted molar refractivity (Wildman–Crippen MR) is 91.0 cm³/mol. The van der Waals surface area contributed by atoms with Crippen LogP contribution in [0, 0.1) is 5.82 Å². The number of hydrogen-bond acceptors (Lipinski definition) is 3. The number of halogens is 1. The third kappa shape index (κ3) is 3.45. The summed E-state index contributed by atoms with van der Waals surface area (Å²) < 4.78 is 16.3. The third-order valence-electron chi connectivity index (χ3n) is 4.24. The number of amides is 1. The molecule has 1 aromatic carbocycles. The molecule has 0 saturated heterocycles. The van der Waals surface area contributed by atoms with Crippen molar-refractivity contribution in [2.45, 2.75) is 25.2 Å². The summed E-state index contributed by atoms with van der Waals surface area (Å²) in [5.74, 6) is 0.806. The van der Waals surface area contributed by atoms with Gasteiger partial charge in [-0.05, 0) is 43.2 Å². The van der Waals surface area contributed by atoms with Crippen molar-refractivity contribution >= 4 is 11.7 Å². The highest BCUT2D eigenvalue weighted by atomic mass is 19.1. The highest BCUT2D eigenvalue weighted by Crippen LogP contribution is 2.39. The Kier molecular flexibility index (Phi) is 3.83. The van der Waals surface area contributed by atoms with Gasteiger partial charge in [-0.1, -0.05) is 0 Å². The molecule has 6 nitrogen and oxygen atoms in total. The molecular formula is C18H18FN5O. The molecule has 1 aliphatic carbocycles. The Hall–Kier alpha value is -2.96. The zero-order valence-electron chi connectivity index (χ0n) is 13.8. The molecule has 3 aromatic rings. The molecular weight excluding hydrogens is 321 g/mol. The Balaban J connectivity index is 1.42. The maximum atomic E-state index is 13.0. The molecule has 0 spiro atoms. The molecule has 2 aromatic heterocycles. The van der Waals surface area contributed by atoms with Crippen molar-refractivity contribution in [1.29, 1.82) is 0 Å². The molecule has 0 aliphatic heterocycles. The van der Waals surface area contributed by atoms with Crippen molar-refractivity contribution in [3.63, 3.8) is 0 Å². The van der Waals surface area contributed by atoms with Crippen LogP contribution in [0.15, 0.2) is 42.6 Å². The van der Waals surface area contributed by atoms with E-state index in [0.717, 1.165) is 11.4 Å². The maximum absolute atomic E-state index is 13.0. The summed E-state index contributed by atoms with van der Waals surface area (Å²) in [6, 6.07) is 9.75. The first-order chi connectivity index (χ1) is 12.1. The summed E-state index contributed by atoms with van der Waals surface area (Å²) >= 11 is 0. The van der Waals surface area contributed by atoms with Crippen molar-refractivity contribution < 1.29 is 9.18 Å². The minimum atomic E-state index is -0.294. The first-order valence-electron chi connectivity index (χ1n) is 8.23. The summed E-state index contributed by atoms with van der Waals surface area (Å²) in [4.78, 5) is 12.3. The average Bonchev–Trinajstić information content (AvgIpc) is 3.24. The summed E-state index contributed by atoms with van der Waals surface area (Å²) in [7, 11) is 1.82. The van der Waals surface area contributed by atoms with Gasteiger partial charge in [-0.15, -0.1) is 0 Å². The van der Waals surface area contributed by atoms with E-state index in [-0.39, 0.29) is 18.1 Å². The largest absolute Gasteiger partial charge is 0.311 e. The number of rotatable bonds is 5. The number of nitrogens with one attached hydrogen (secondary N) is 1. The van der Waals surface area contributed by atoms with E-state index in [9.17, 15) is 9.18 Å². The monoisotopic (exact) mass is 339 g/mol. The van der Waals surface area contributed by atoms with Gasteiger partial charge >= 0.3 is 0 Å². The van der Waals surface area contributed by atoms with E-state index < -0.39 is 0 Å². The molecule has 1 N–H and O–H groups in total. The summed E-state index contributed by atoms with van der Waals surface area (Å²) in [5.41, 5.74) is 2.43. The molecule has 1 aliphatic rings. The fourth-order valence-corrected chi connectivity index (χ4v) is 2.73. The SMILES string of the molecule is Cn1nc(C2CC2)cc1NC(=O)Cc1ccn(-c2ccc(F)cc2)n1. The number of hydrogen-bond donors (Lipinski definition) is 1. The molecule has 25 heavy (non-hydrogen) atoms. The van der Waals surface area contributed by atoms with Gasteiger partial charge in [0, 0.05) is 25.2 Å². The van der Waals surface area contributed by atoms with Crippen LogP contribution in [-0.2, 0) is 18.3 Å². The molecule has 0 atom stereocenters. The van der Waals surface area contributed by atoms with Gasteiger partial charge in [0.05, 0.1) is 23.5 Å². The molecule has 4 rings (SSSR count). The highest BCUT2D eigenvalue weighted by Gasteiger charge is 2.27. The Morgan fingerprint density at radius 1 is 1.24 bits per heavy atom. The third-order valence-corrected chi connectivity index (χ3v) is 4.24. The molecule has 2 heterocycles. The van der Waals surface area contributed by atoms with E-state index in [0.29, 0.717) is 17.4 Å². The van der Waals surface area contributed by atoms with E-state index in [1.807, 2.05) is 13.1 Å². The van der Waals surface area contributed by atoms with Crippen LogP contribution >= 0.6 is 0 Å². The Morgan fingerprint density at radius 2 is 2.00 bits per heavy atom. The lowest BCUT2D eigenvalue weighted by Gasteiger charge is -2.04. The van der Waals surface area contributed by atoms with Crippen molar-refractivity contribution in [3.05, 3.63) is 59.8 Å². The van der Waals surface area contributed by atoms with E-state index in [4.69, 9.17) is 0 Å². The Morgan fingerprint density at radius 3 is 2.72 bits per heavy atom. The number of benzene rings is 1. The molecule has 0 unspecified atom stereocenters. The number of carbonyl (C=O) groups excluding carboxylic acids is 1. The highest BCUT2D eigenvalue weighted by molar-refractivity contribution is 5.91. The van der Waals surface area contributed by atoms with Gasteiger partial charge in [0.2, 0.25) is 5.91 Å². The van der Waals surface area contributed by atoms with Gasteiger partial charge < -0.3 is 5.32 Å². The van der Waals surface area contributed by atoms with Crippen LogP contribution in [0.5, 0.6) is 0 Å². The van der Waals surface area contributed by atoms with Gasteiger partial charge in [-0.2, -0.15) is 10.2 Å². The van der Waals surface area contributed by atoms with Crippen LogP contribution < -0.4 is 5.32 Å². The first kappa shape index (κ1) is 15.6. The van der Waals surface area contributed by atoms with Crippen LogP contribution in [0.3, 0.4) is 0 Å². The van der Waals surface area contributed by atoms with Crippen molar-refractivity contribution in [3.8, 4) is 5.69 Å². The minimum absolute atomic E-state index is 0.144. The quantitative estimate of drug-likeness (QED) is 0.777. The minimum Gasteiger partial charge on any atom is -0.311 e. The lowest BCUT2D eigenvalue weighted by molar-refractivity contribution is -0.115.